The van der Waals surface area contributed by atoms with Crippen LogP contribution >= 0.6 is 0 Å². The highest BCUT2D eigenvalue weighted by molar-refractivity contribution is 5.09. The Balaban J connectivity index is 1.45. The highest BCUT2D eigenvalue weighted by Gasteiger charge is 2.57. The zero-order chi connectivity index (χ0) is 13.6. The lowest BCUT2D eigenvalue weighted by Crippen LogP contribution is -2.47. The molecular formula is C18H31NO. The van der Waals surface area contributed by atoms with Crippen molar-refractivity contribution in [1.29, 1.82) is 0 Å². The van der Waals surface area contributed by atoms with Crippen LogP contribution in [-0.2, 0) is 4.74 Å². The Hall–Kier alpha value is -0.0800. The van der Waals surface area contributed by atoms with E-state index in [0.29, 0.717) is 5.60 Å². The van der Waals surface area contributed by atoms with Crippen LogP contribution in [0.2, 0.25) is 0 Å². The van der Waals surface area contributed by atoms with Crippen molar-refractivity contribution < 1.29 is 4.74 Å². The van der Waals surface area contributed by atoms with Crippen molar-refractivity contribution in [3.63, 3.8) is 0 Å². The van der Waals surface area contributed by atoms with Gasteiger partial charge in [0.25, 0.3) is 0 Å². The van der Waals surface area contributed by atoms with Crippen molar-refractivity contribution in [2.24, 2.45) is 23.7 Å². The van der Waals surface area contributed by atoms with E-state index < -0.39 is 0 Å². The number of rotatable bonds is 4. The molecule has 1 aliphatic heterocycles. The minimum absolute atomic E-state index is 0.292. The van der Waals surface area contributed by atoms with E-state index in [-0.39, 0.29) is 0 Å². The molecule has 3 saturated carbocycles. The molecule has 0 radical (unpaired) electrons. The topological polar surface area (TPSA) is 21.3 Å². The predicted octanol–water partition coefficient (Wildman–Crippen LogP) is 3.75. The molecule has 20 heavy (non-hydrogen) atoms. The number of fused-ring (bicyclic) bond motifs is 1. The maximum Gasteiger partial charge on any atom is 0.0685 e. The molecule has 4 rings (SSSR count). The molecule has 1 saturated heterocycles. The van der Waals surface area contributed by atoms with Crippen LogP contribution in [0, 0.1) is 23.7 Å². The lowest BCUT2D eigenvalue weighted by atomic mass is 9.78. The van der Waals surface area contributed by atoms with E-state index in [1.165, 1.54) is 57.8 Å². The molecule has 0 aromatic carbocycles. The van der Waals surface area contributed by atoms with Crippen LogP contribution in [0.1, 0.15) is 64.7 Å². The molecule has 0 aromatic heterocycles. The summed E-state index contributed by atoms with van der Waals surface area (Å²) in [5.74, 6) is 4.07. The van der Waals surface area contributed by atoms with Crippen molar-refractivity contribution in [1.82, 2.24) is 5.32 Å². The Morgan fingerprint density at radius 2 is 1.85 bits per heavy atom. The Morgan fingerprint density at radius 3 is 2.55 bits per heavy atom. The van der Waals surface area contributed by atoms with Gasteiger partial charge in [-0.2, -0.15) is 0 Å². The van der Waals surface area contributed by atoms with Crippen LogP contribution in [0.15, 0.2) is 0 Å². The second kappa shape index (κ2) is 5.28. The van der Waals surface area contributed by atoms with E-state index in [9.17, 15) is 0 Å². The van der Waals surface area contributed by atoms with Crippen LogP contribution < -0.4 is 5.32 Å². The molecular weight excluding hydrogens is 246 g/mol. The average Bonchev–Trinajstić information content (AvgIpc) is 2.85. The van der Waals surface area contributed by atoms with Gasteiger partial charge >= 0.3 is 0 Å². The summed E-state index contributed by atoms with van der Waals surface area (Å²) in [5.41, 5.74) is 0.292. The first-order valence-electron chi connectivity index (χ1n) is 9.20. The maximum absolute atomic E-state index is 6.25. The van der Waals surface area contributed by atoms with Gasteiger partial charge in [-0.15, -0.1) is 0 Å². The van der Waals surface area contributed by atoms with Gasteiger partial charge < -0.3 is 10.1 Å². The van der Waals surface area contributed by atoms with Crippen molar-refractivity contribution in [3.05, 3.63) is 0 Å². The first-order valence-corrected chi connectivity index (χ1v) is 9.20. The van der Waals surface area contributed by atoms with Gasteiger partial charge in [0.15, 0.2) is 0 Å². The van der Waals surface area contributed by atoms with Crippen molar-refractivity contribution in [3.8, 4) is 0 Å². The van der Waals surface area contributed by atoms with Gasteiger partial charge in [-0.1, -0.05) is 26.2 Å². The molecule has 0 aromatic rings. The summed E-state index contributed by atoms with van der Waals surface area (Å²) in [6.07, 6.45) is 12.6. The van der Waals surface area contributed by atoms with Gasteiger partial charge in [-0.25, -0.2) is 0 Å². The quantitative estimate of drug-likeness (QED) is 0.845. The molecule has 2 heteroatoms. The van der Waals surface area contributed by atoms with Crippen LogP contribution in [0.25, 0.3) is 0 Å². The highest BCUT2D eigenvalue weighted by Crippen LogP contribution is 2.61. The molecule has 1 heterocycles. The van der Waals surface area contributed by atoms with Crippen LogP contribution in [0.5, 0.6) is 0 Å². The Bertz CT molecular complexity index is 339. The fraction of sp³-hybridized carbons (Fsp3) is 1.00. The minimum atomic E-state index is 0.292. The van der Waals surface area contributed by atoms with Gasteiger partial charge in [0.05, 0.1) is 5.60 Å². The lowest BCUT2D eigenvalue weighted by Gasteiger charge is -2.42. The molecule has 1 N–H and O–H groups in total. The van der Waals surface area contributed by atoms with Gasteiger partial charge in [0, 0.05) is 12.6 Å². The lowest BCUT2D eigenvalue weighted by molar-refractivity contribution is -0.0995. The number of hydrogen-bond acceptors (Lipinski definition) is 2. The first kappa shape index (κ1) is 13.6. The van der Waals surface area contributed by atoms with Crippen molar-refractivity contribution in [2.45, 2.75) is 76.4 Å². The second-order valence-electron chi connectivity index (χ2n) is 7.91. The fourth-order valence-electron chi connectivity index (χ4n) is 6.00. The van der Waals surface area contributed by atoms with Crippen molar-refractivity contribution in [2.75, 3.05) is 13.2 Å². The van der Waals surface area contributed by atoms with Crippen LogP contribution in [-0.4, -0.2) is 24.8 Å². The second-order valence-corrected chi connectivity index (χ2v) is 7.91. The molecule has 2 nitrogen and oxygen atoms in total. The Kier molecular flexibility index (Phi) is 3.58. The first-order chi connectivity index (χ1) is 9.83. The van der Waals surface area contributed by atoms with Gasteiger partial charge in [0.1, 0.15) is 0 Å². The summed E-state index contributed by atoms with van der Waals surface area (Å²) in [4.78, 5) is 0. The zero-order valence-corrected chi connectivity index (χ0v) is 13.1. The molecule has 4 unspecified atom stereocenters. The van der Waals surface area contributed by atoms with Gasteiger partial charge in [-0.05, 0) is 68.7 Å². The summed E-state index contributed by atoms with van der Waals surface area (Å²) in [5, 5.41) is 3.89. The summed E-state index contributed by atoms with van der Waals surface area (Å²) < 4.78 is 6.25. The van der Waals surface area contributed by atoms with E-state index in [4.69, 9.17) is 4.74 Å². The third-order valence-corrected chi connectivity index (χ3v) is 6.88. The molecule has 0 bridgehead atoms. The fourth-order valence-corrected chi connectivity index (χ4v) is 6.00. The van der Waals surface area contributed by atoms with Gasteiger partial charge in [0.2, 0.25) is 0 Å². The Morgan fingerprint density at radius 1 is 1.10 bits per heavy atom. The third kappa shape index (κ3) is 2.23. The Labute approximate surface area is 124 Å². The summed E-state index contributed by atoms with van der Waals surface area (Å²) in [7, 11) is 0. The van der Waals surface area contributed by atoms with E-state index in [0.717, 1.165) is 42.9 Å². The summed E-state index contributed by atoms with van der Waals surface area (Å²) in [6.45, 7) is 4.45. The molecule has 4 atom stereocenters. The SMILES string of the molecule is CCNC(C1CCOC2(CCCC2)C1)C1C2CCCC21. The van der Waals surface area contributed by atoms with E-state index in [1.807, 2.05) is 0 Å². The average molecular weight is 277 g/mol. The van der Waals surface area contributed by atoms with Crippen LogP contribution in [0.4, 0.5) is 0 Å². The third-order valence-electron chi connectivity index (χ3n) is 6.88. The zero-order valence-electron chi connectivity index (χ0n) is 13.1. The monoisotopic (exact) mass is 277 g/mol. The minimum Gasteiger partial charge on any atom is -0.375 e. The molecule has 4 fully saturated rings. The standard InChI is InChI=1S/C18H31NO/c1-2-19-17(16-14-6-5-7-15(14)16)13-8-11-20-18(12-13)9-3-4-10-18/h13-17,19H,2-12H2,1H3. The molecule has 4 aliphatic rings. The van der Waals surface area contributed by atoms with Crippen molar-refractivity contribution >= 4 is 0 Å². The van der Waals surface area contributed by atoms with E-state index in [2.05, 4.69) is 12.2 Å². The smallest absolute Gasteiger partial charge is 0.0685 e. The van der Waals surface area contributed by atoms with Gasteiger partial charge in [-0.3, -0.25) is 0 Å². The molecule has 3 aliphatic carbocycles. The normalized spacial score (nSPS) is 43.6. The summed E-state index contributed by atoms with van der Waals surface area (Å²) >= 11 is 0. The number of nitrogens with one attached hydrogen (secondary N) is 1. The maximum atomic E-state index is 6.25. The predicted molar refractivity (Wildman–Crippen MR) is 81.7 cm³/mol. The van der Waals surface area contributed by atoms with E-state index >= 15 is 0 Å². The molecule has 0 amide bonds. The summed E-state index contributed by atoms with van der Waals surface area (Å²) in [6, 6.07) is 0.802. The highest BCUT2D eigenvalue weighted by atomic mass is 16.5. The number of hydrogen-bond donors (Lipinski definition) is 1. The molecule has 1 spiro atoms. The number of ether oxygens (including phenoxy) is 1. The molecule has 114 valence electrons. The largest absolute Gasteiger partial charge is 0.375 e. The van der Waals surface area contributed by atoms with Crippen LogP contribution in [0.3, 0.4) is 0 Å². The van der Waals surface area contributed by atoms with E-state index in [1.54, 1.807) is 0 Å².